The zero-order chi connectivity index (χ0) is 29.1. The van der Waals surface area contributed by atoms with Crippen LogP contribution in [0.15, 0.2) is 61.3 Å². The van der Waals surface area contributed by atoms with E-state index in [4.69, 9.17) is 9.72 Å². The first-order valence-electron chi connectivity index (χ1n) is 13.7. The average Bonchev–Trinajstić information content (AvgIpc) is 2.97. The number of rotatable bonds is 8. The van der Waals surface area contributed by atoms with E-state index in [0.29, 0.717) is 35.4 Å². The van der Waals surface area contributed by atoms with Crippen LogP contribution in [0.25, 0.3) is 0 Å². The van der Waals surface area contributed by atoms with Gasteiger partial charge in [-0.1, -0.05) is 12.6 Å². The molecule has 2 aliphatic rings. The van der Waals surface area contributed by atoms with Gasteiger partial charge in [0.2, 0.25) is 11.9 Å². The van der Waals surface area contributed by atoms with Crippen LogP contribution in [0.5, 0.6) is 5.75 Å². The minimum absolute atomic E-state index is 0.0392. The molecule has 1 fully saturated rings. The summed E-state index contributed by atoms with van der Waals surface area (Å²) in [6.07, 6.45) is 2.94. The Kier molecular flexibility index (Phi) is 8.06. The number of amides is 3. The second-order valence-corrected chi connectivity index (χ2v) is 10.4. The predicted molar refractivity (Wildman–Crippen MR) is 162 cm³/mol. The molecule has 2 N–H and O–H groups in total. The monoisotopic (exact) mass is 556 g/mol. The Hall–Kier alpha value is -4.64. The van der Waals surface area contributed by atoms with Crippen LogP contribution >= 0.6 is 0 Å². The second-order valence-electron chi connectivity index (χ2n) is 10.4. The third-order valence-corrected chi connectivity index (χ3v) is 7.31. The van der Waals surface area contributed by atoms with Crippen molar-refractivity contribution >= 4 is 46.5 Å². The van der Waals surface area contributed by atoms with E-state index < -0.39 is 0 Å². The van der Waals surface area contributed by atoms with Gasteiger partial charge in [-0.15, -0.1) is 0 Å². The minimum atomic E-state index is -0.335. The molecule has 0 saturated carbocycles. The van der Waals surface area contributed by atoms with Crippen molar-refractivity contribution in [2.45, 2.75) is 26.4 Å². The Morgan fingerprint density at radius 2 is 1.88 bits per heavy atom. The van der Waals surface area contributed by atoms with Gasteiger partial charge in [0.1, 0.15) is 5.75 Å². The summed E-state index contributed by atoms with van der Waals surface area (Å²) in [5, 5.41) is 6.04. The molecule has 3 aromatic rings. The van der Waals surface area contributed by atoms with Crippen LogP contribution in [0.1, 0.15) is 19.4 Å². The van der Waals surface area contributed by atoms with Crippen molar-refractivity contribution in [3.05, 3.63) is 66.9 Å². The molecule has 5 rings (SSSR count). The van der Waals surface area contributed by atoms with Gasteiger partial charge in [-0.2, -0.15) is 4.98 Å². The van der Waals surface area contributed by atoms with Gasteiger partial charge in [0.25, 0.3) is 0 Å². The van der Waals surface area contributed by atoms with E-state index in [9.17, 15) is 9.59 Å². The molecule has 214 valence electrons. The number of piperazine rings is 1. The number of carbonyl (C=O) groups is 2. The fourth-order valence-electron chi connectivity index (χ4n) is 4.95. The highest BCUT2D eigenvalue weighted by Crippen LogP contribution is 2.37. The normalized spacial score (nSPS) is 15.5. The van der Waals surface area contributed by atoms with Crippen molar-refractivity contribution in [1.82, 2.24) is 19.8 Å². The number of aromatic nitrogens is 2. The number of likely N-dealkylation sites (N-methyl/N-ethyl adjacent to an activating group) is 1. The van der Waals surface area contributed by atoms with Gasteiger partial charge in [-0.3, -0.25) is 4.79 Å². The zero-order valence-corrected chi connectivity index (χ0v) is 23.9. The summed E-state index contributed by atoms with van der Waals surface area (Å²) >= 11 is 0. The molecule has 0 bridgehead atoms. The molecular weight excluding hydrogens is 520 g/mol. The van der Waals surface area contributed by atoms with Crippen molar-refractivity contribution in [3.8, 4) is 5.75 Å². The summed E-state index contributed by atoms with van der Waals surface area (Å²) in [4.78, 5) is 43.0. The highest BCUT2D eigenvalue weighted by atomic mass is 16.5. The van der Waals surface area contributed by atoms with E-state index in [0.717, 1.165) is 43.1 Å². The van der Waals surface area contributed by atoms with Crippen LogP contribution in [-0.4, -0.2) is 78.1 Å². The Morgan fingerprint density at radius 1 is 1.10 bits per heavy atom. The first-order valence-corrected chi connectivity index (χ1v) is 13.7. The number of fused-ring (bicyclic) bond motifs is 1. The van der Waals surface area contributed by atoms with E-state index in [2.05, 4.69) is 45.1 Å². The van der Waals surface area contributed by atoms with Crippen molar-refractivity contribution < 1.29 is 14.3 Å². The maximum atomic E-state index is 13.7. The van der Waals surface area contributed by atoms with Crippen molar-refractivity contribution in [3.63, 3.8) is 0 Å². The molecule has 3 amide bonds. The maximum absolute atomic E-state index is 13.7. The molecule has 0 atom stereocenters. The van der Waals surface area contributed by atoms with E-state index >= 15 is 0 Å². The highest BCUT2D eigenvalue weighted by molar-refractivity contribution is 6.03. The summed E-state index contributed by atoms with van der Waals surface area (Å²) in [6.45, 7) is 11.8. The molecule has 1 saturated heterocycles. The fraction of sp³-hybridized carbons (Fsp3) is 0.333. The number of hydrogen-bond acceptors (Lipinski definition) is 8. The molecule has 3 heterocycles. The number of anilines is 6. The summed E-state index contributed by atoms with van der Waals surface area (Å²) in [7, 11) is 3.77. The van der Waals surface area contributed by atoms with Gasteiger partial charge in [0.15, 0.2) is 5.82 Å². The standard InChI is InChI=1S/C30H36N8O3/c1-6-27(39)32-22-8-7-9-24(16-22)38-28-21(19-37(20(2)3)30(38)40)18-31-29(34-28)33-25-11-10-23(17-26(25)41-5)36-14-12-35(4)13-15-36/h6-11,16-18,20H,1,12-15,19H2,2-5H3,(H,32,39)(H,31,33,34). The minimum Gasteiger partial charge on any atom is -0.494 e. The van der Waals surface area contributed by atoms with Gasteiger partial charge in [-0.05, 0) is 57.3 Å². The molecule has 0 aliphatic carbocycles. The molecular formula is C30H36N8O3. The van der Waals surface area contributed by atoms with Crippen LogP contribution in [0.2, 0.25) is 0 Å². The van der Waals surface area contributed by atoms with Crippen LogP contribution < -0.4 is 25.2 Å². The Bertz CT molecular complexity index is 1450. The SMILES string of the molecule is C=CC(=O)Nc1cccc(N2C(=O)N(C(C)C)Cc3cnc(Nc4ccc(N5CCN(C)CC5)cc4OC)nc32)c1. The third-order valence-electron chi connectivity index (χ3n) is 7.31. The third kappa shape index (κ3) is 5.94. The number of carbonyl (C=O) groups excluding carboxylic acids is 2. The molecule has 1 aromatic heterocycles. The largest absolute Gasteiger partial charge is 0.494 e. The number of nitrogens with one attached hydrogen (secondary N) is 2. The molecule has 41 heavy (non-hydrogen) atoms. The van der Waals surface area contributed by atoms with Gasteiger partial charge in [0.05, 0.1) is 25.0 Å². The lowest BCUT2D eigenvalue weighted by atomic mass is 10.1. The van der Waals surface area contributed by atoms with Crippen LogP contribution in [-0.2, 0) is 11.3 Å². The topological polar surface area (TPSA) is 106 Å². The maximum Gasteiger partial charge on any atom is 0.330 e. The summed E-state index contributed by atoms with van der Waals surface area (Å²) < 4.78 is 5.72. The van der Waals surface area contributed by atoms with Crippen molar-refractivity contribution in [2.75, 3.05) is 60.8 Å². The predicted octanol–water partition coefficient (Wildman–Crippen LogP) is 4.59. The van der Waals surface area contributed by atoms with Crippen LogP contribution in [0, 0.1) is 0 Å². The van der Waals surface area contributed by atoms with E-state index in [1.807, 2.05) is 32.0 Å². The lowest BCUT2D eigenvalue weighted by Gasteiger charge is -2.38. The van der Waals surface area contributed by atoms with Gasteiger partial charge in [0, 0.05) is 61.4 Å². The first kappa shape index (κ1) is 27.9. The molecule has 11 heteroatoms. The first-order chi connectivity index (χ1) is 19.8. The average molecular weight is 557 g/mol. The molecule has 11 nitrogen and oxygen atoms in total. The Labute approximate surface area is 240 Å². The summed E-state index contributed by atoms with van der Waals surface area (Å²) in [5.74, 6) is 1.15. The Balaban J connectivity index is 1.47. The highest BCUT2D eigenvalue weighted by Gasteiger charge is 2.35. The number of methoxy groups -OCH3 is 1. The molecule has 0 spiro atoms. The lowest BCUT2D eigenvalue weighted by Crippen LogP contribution is -2.48. The number of nitrogens with zero attached hydrogens (tertiary/aromatic N) is 6. The van der Waals surface area contributed by atoms with Crippen molar-refractivity contribution in [1.29, 1.82) is 0 Å². The van der Waals surface area contributed by atoms with Crippen molar-refractivity contribution in [2.24, 2.45) is 0 Å². The van der Waals surface area contributed by atoms with E-state index in [-0.39, 0.29) is 18.0 Å². The Morgan fingerprint density at radius 3 is 2.59 bits per heavy atom. The number of urea groups is 1. The lowest BCUT2D eigenvalue weighted by molar-refractivity contribution is -0.111. The van der Waals surface area contributed by atoms with Gasteiger partial charge in [-0.25, -0.2) is 14.7 Å². The second kappa shape index (κ2) is 11.8. The quantitative estimate of drug-likeness (QED) is 0.388. The van der Waals surface area contributed by atoms with Crippen LogP contribution in [0.3, 0.4) is 0 Å². The number of hydrogen-bond donors (Lipinski definition) is 2. The zero-order valence-electron chi connectivity index (χ0n) is 23.9. The number of benzene rings is 2. The van der Waals surface area contributed by atoms with E-state index in [1.54, 1.807) is 41.3 Å². The van der Waals surface area contributed by atoms with Gasteiger partial charge >= 0.3 is 6.03 Å². The van der Waals surface area contributed by atoms with Crippen LogP contribution in [0.4, 0.5) is 39.3 Å². The molecule has 0 unspecified atom stereocenters. The summed E-state index contributed by atoms with van der Waals surface area (Å²) in [5.41, 5.74) is 3.74. The molecule has 2 aromatic carbocycles. The smallest absolute Gasteiger partial charge is 0.330 e. The number of ether oxygens (including phenoxy) is 1. The summed E-state index contributed by atoms with van der Waals surface area (Å²) in [6, 6.07) is 12.9. The van der Waals surface area contributed by atoms with Gasteiger partial charge < -0.3 is 30.1 Å². The fourth-order valence-corrected chi connectivity index (χ4v) is 4.95. The van der Waals surface area contributed by atoms with E-state index in [1.165, 1.54) is 6.08 Å². The molecule has 0 radical (unpaired) electrons. The molecule has 2 aliphatic heterocycles.